The van der Waals surface area contributed by atoms with Crippen molar-refractivity contribution in [2.45, 2.75) is 12.3 Å². The highest BCUT2D eigenvalue weighted by Crippen LogP contribution is 2.31. The Morgan fingerprint density at radius 1 is 1.03 bits per heavy atom. The molecule has 0 fully saturated rings. The van der Waals surface area contributed by atoms with Gasteiger partial charge in [0.05, 0.1) is 13.7 Å². The zero-order chi connectivity index (χ0) is 21.3. The van der Waals surface area contributed by atoms with E-state index in [2.05, 4.69) is 23.1 Å². The van der Waals surface area contributed by atoms with E-state index in [4.69, 9.17) is 22.1 Å². The van der Waals surface area contributed by atoms with Crippen LogP contribution >= 0.6 is 11.6 Å². The van der Waals surface area contributed by atoms with Crippen LogP contribution in [0.3, 0.4) is 0 Å². The Hall–Kier alpha value is -2.82. The van der Waals surface area contributed by atoms with Gasteiger partial charge in [-0.15, -0.1) is 0 Å². The highest BCUT2D eigenvalue weighted by Gasteiger charge is 2.22. The van der Waals surface area contributed by atoms with Crippen molar-refractivity contribution in [1.82, 2.24) is 4.90 Å². The number of carbonyl (C=O) groups is 1. The maximum absolute atomic E-state index is 12.1. The zero-order valence-corrected chi connectivity index (χ0v) is 17.9. The lowest BCUT2D eigenvalue weighted by atomic mass is 9.89. The number of ether oxygens (including phenoxy) is 1. The van der Waals surface area contributed by atoms with Crippen molar-refractivity contribution in [2.75, 3.05) is 32.5 Å². The van der Waals surface area contributed by atoms with E-state index in [1.807, 2.05) is 60.7 Å². The van der Waals surface area contributed by atoms with E-state index in [9.17, 15) is 4.79 Å². The maximum atomic E-state index is 12.1. The molecule has 3 aromatic rings. The minimum atomic E-state index is -0.256. The van der Waals surface area contributed by atoms with E-state index >= 15 is 0 Å². The third kappa shape index (κ3) is 6.09. The number of methoxy groups -OCH3 is 1. The summed E-state index contributed by atoms with van der Waals surface area (Å²) in [6, 6.07) is 25.9. The van der Waals surface area contributed by atoms with Gasteiger partial charge >= 0.3 is 5.97 Å². The number of anilines is 1. The summed E-state index contributed by atoms with van der Waals surface area (Å²) in [6.07, 6.45) is 0.838. The highest BCUT2D eigenvalue weighted by atomic mass is 35.5. The summed E-state index contributed by atoms with van der Waals surface area (Å²) in [7, 11) is 1.42. The van der Waals surface area contributed by atoms with E-state index in [0.29, 0.717) is 11.6 Å². The molecule has 0 heterocycles. The average Bonchev–Trinajstić information content (AvgIpc) is 2.76. The first-order valence-electron chi connectivity index (χ1n) is 9.99. The number of carbonyl (C=O) groups excluding carboxylic acids is 1. The molecule has 2 N–H and O–H groups in total. The monoisotopic (exact) mass is 422 g/mol. The molecule has 3 aromatic carbocycles. The van der Waals surface area contributed by atoms with E-state index in [1.54, 1.807) is 0 Å². The second kappa shape index (κ2) is 10.8. The van der Waals surface area contributed by atoms with Crippen molar-refractivity contribution >= 4 is 23.3 Å². The fraction of sp³-hybridized carbons (Fsp3) is 0.240. The van der Waals surface area contributed by atoms with Crippen LogP contribution in [0.25, 0.3) is 0 Å². The predicted molar refractivity (Wildman–Crippen MR) is 123 cm³/mol. The molecule has 0 aliphatic rings. The normalized spacial score (nSPS) is 12.0. The maximum Gasteiger partial charge on any atom is 0.319 e. The molecule has 0 aliphatic carbocycles. The molecular weight excluding hydrogens is 396 g/mol. The van der Waals surface area contributed by atoms with Gasteiger partial charge in [-0.05, 0) is 41.3 Å². The lowest BCUT2D eigenvalue weighted by Crippen LogP contribution is -2.36. The highest BCUT2D eigenvalue weighted by molar-refractivity contribution is 6.30. The number of hydrogen-bond acceptors (Lipinski definition) is 4. The molecule has 156 valence electrons. The Morgan fingerprint density at radius 2 is 1.77 bits per heavy atom. The van der Waals surface area contributed by atoms with Crippen molar-refractivity contribution in [3.8, 4) is 0 Å². The molecule has 0 aromatic heterocycles. The Kier molecular flexibility index (Phi) is 7.89. The van der Waals surface area contributed by atoms with Crippen LogP contribution in [0, 0.1) is 0 Å². The number of hydrogen-bond donors (Lipinski definition) is 1. The van der Waals surface area contributed by atoms with Crippen LogP contribution in [0.5, 0.6) is 0 Å². The SMILES string of the molecule is COC(=O)CN(CCc1ccccc1)CC(c1cccc(Cl)c1)c1ccccc1N. The minimum absolute atomic E-state index is 0.0228. The largest absolute Gasteiger partial charge is 0.468 e. The summed E-state index contributed by atoms with van der Waals surface area (Å²) in [5, 5.41) is 0.677. The molecule has 4 nitrogen and oxygen atoms in total. The fourth-order valence-corrected chi connectivity index (χ4v) is 3.81. The van der Waals surface area contributed by atoms with Gasteiger partial charge in [-0.1, -0.05) is 72.3 Å². The molecule has 0 aliphatic heterocycles. The van der Waals surface area contributed by atoms with E-state index in [0.717, 1.165) is 29.8 Å². The quantitative estimate of drug-likeness (QED) is 0.398. The Labute approximate surface area is 183 Å². The van der Waals surface area contributed by atoms with E-state index in [-0.39, 0.29) is 18.4 Å². The van der Waals surface area contributed by atoms with Gasteiger partial charge in [-0.25, -0.2) is 0 Å². The summed E-state index contributed by atoms with van der Waals surface area (Å²) in [6.45, 7) is 1.56. The molecule has 1 unspecified atom stereocenters. The molecule has 1 atom stereocenters. The Morgan fingerprint density at radius 3 is 2.47 bits per heavy atom. The Balaban J connectivity index is 1.89. The van der Waals surface area contributed by atoms with Crippen molar-refractivity contribution in [1.29, 1.82) is 0 Å². The number of para-hydroxylation sites is 1. The summed E-state index contributed by atoms with van der Waals surface area (Å²) in [5.41, 5.74) is 10.4. The molecule has 0 radical (unpaired) electrons. The van der Waals surface area contributed by atoms with Gasteiger partial charge < -0.3 is 10.5 Å². The lowest BCUT2D eigenvalue weighted by Gasteiger charge is -2.28. The van der Waals surface area contributed by atoms with Crippen LogP contribution in [0.2, 0.25) is 5.02 Å². The molecule has 3 rings (SSSR count). The molecule has 0 saturated heterocycles. The van der Waals surface area contributed by atoms with Gasteiger partial charge in [0.1, 0.15) is 0 Å². The number of rotatable bonds is 9. The van der Waals surface area contributed by atoms with Crippen LogP contribution < -0.4 is 5.73 Å². The van der Waals surface area contributed by atoms with Gasteiger partial charge in [0.25, 0.3) is 0 Å². The molecule has 0 bridgehead atoms. The Bertz CT molecular complexity index is 962. The summed E-state index contributed by atoms with van der Waals surface area (Å²) >= 11 is 6.28. The van der Waals surface area contributed by atoms with E-state index < -0.39 is 0 Å². The van der Waals surface area contributed by atoms with Crippen molar-refractivity contribution in [2.24, 2.45) is 0 Å². The van der Waals surface area contributed by atoms with Crippen molar-refractivity contribution in [3.05, 3.63) is 101 Å². The number of nitrogens with two attached hydrogens (primary N) is 1. The van der Waals surface area contributed by atoms with Crippen LogP contribution in [0.15, 0.2) is 78.9 Å². The first-order chi connectivity index (χ1) is 14.6. The summed E-state index contributed by atoms with van der Waals surface area (Å²) in [5.74, 6) is -0.278. The molecule has 0 spiro atoms. The number of nitrogen functional groups attached to an aromatic ring is 1. The number of esters is 1. The fourth-order valence-electron chi connectivity index (χ4n) is 3.61. The number of nitrogens with zero attached hydrogens (tertiary/aromatic N) is 1. The second-order valence-electron chi connectivity index (χ2n) is 7.28. The van der Waals surface area contributed by atoms with Crippen molar-refractivity contribution < 1.29 is 9.53 Å². The van der Waals surface area contributed by atoms with Gasteiger partial charge in [0.15, 0.2) is 0 Å². The smallest absolute Gasteiger partial charge is 0.319 e. The van der Waals surface area contributed by atoms with Gasteiger partial charge in [-0.2, -0.15) is 0 Å². The number of benzene rings is 3. The van der Waals surface area contributed by atoms with Gasteiger partial charge in [0.2, 0.25) is 0 Å². The zero-order valence-electron chi connectivity index (χ0n) is 17.1. The number of halogens is 1. The predicted octanol–water partition coefficient (Wildman–Crippen LogP) is 4.77. The summed E-state index contributed by atoms with van der Waals surface area (Å²) in [4.78, 5) is 14.2. The average molecular weight is 423 g/mol. The third-order valence-corrected chi connectivity index (χ3v) is 5.44. The molecule has 5 heteroatoms. The first kappa shape index (κ1) is 21.9. The summed E-state index contributed by atoms with van der Waals surface area (Å²) < 4.78 is 4.94. The van der Waals surface area contributed by atoms with Crippen LogP contribution in [-0.4, -0.2) is 37.6 Å². The molecular formula is C25H27ClN2O2. The lowest BCUT2D eigenvalue weighted by molar-refractivity contribution is -0.141. The van der Waals surface area contributed by atoms with Crippen LogP contribution in [0.4, 0.5) is 5.69 Å². The third-order valence-electron chi connectivity index (χ3n) is 5.20. The van der Waals surface area contributed by atoms with Crippen LogP contribution in [-0.2, 0) is 16.0 Å². The molecule has 0 amide bonds. The van der Waals surface area contributed by atoms with Crippen molar-refractivity contribution in [3.63, 3.8) is 0 Å². The molecule has 0 saturated carbocycles. The molecule has 30 heavy (non-hydrogen) atoms. The standard InChI is InChI=1S/C25H27ClN2O2/c1-30-25(29)18-28(15-14-19-8-3-2-4-9-19)17-23(20-10-7-11-21(26)16-20)22-12-5-6-13-24(22)27/h2-13,16,23H,14-15,17-18,27H2,1H3. The van der Waals surface area contributed by atoms with Crippen LogP contribution in [0.1, 0.15) is 22.6 Å². The second-order valence-corrected chi connectivity index (χ2v) is 7.72. The van der Waals surface area contributed by atoms with Gasteiger partial charge in [-0.3, -0.25) is 9.69 Å². The van der Waals surface area contributed by atoms with Gasteiger partial charge in [0, 0.05) is 29.7 Å². The first-order valence-corrected chi connectivity index (χ1v) is 10.4. The van der Waals surface area contributed by atoms with E-state index in [1.165, 1.54) is 12.7 Å². The minimum Gasteiger partial charge on any atom is -0.468 e. The topological polar surface area (TPSA) is 55.6 Å².